The Morgan fingerprint density at radius 2 is 2.05 bits per heavy atom. The van der Waals surface area contributed by atoms with Crippen LogP contribution in [0.4, 0.5) is 5.69 Å². The minimum absolute atomic E-state index is 0.0590. The summed E-state index contributed by atoms with van der Waals surface area (Å²) in [6.07, 6.45) is 8.45. The van der Waals surface area contributed by atoms with Crippen molar-refractivity contribution in [2.24, 2.45) is 5.92 Å². The number of epoxide rings is 2. The first kappa shape index (κ1) is 30.2. The quantitative estimate of drug-likeness (QED) is 0.0651. The fourth-order valence-corrected chi connectivity index (χ4v) is 5.90. The minimum Gasteiger partial charge on any atom is -0.487 e. The molecule has 220 valence electrons. The Morgan fingerprint density at radius 3 is 2.70 bits per heavy atom. The first-order chi connectivity index (χ1) is 19.1. The molecule has 10 heteroatoms. The number of nitro groups is 1. The maximum absolute atomic E-state index is 12.8. The lowest BCUT2D eigenvalue weighted by Gasteiger charge is -2.42. The van der Waals surface area contributed by atoms with Crippen LogP contribution in [0.15, 0.2) is 35.9 Å². The molecule has 1 aromatic carbocycles. The molecule has 3 fully saturated rings. The lowest BCUT2D eigenvalue weighted by Crippen LogP contribution is -2.55. The van der Waals surface area contributed by atoms with Gasteiger partial charge < -0.3 is 28.8 Å². The van der Waals surface area contributed by atoms with Crippen LogP contribution in [0.3, 0.4) is 0 Å². The predicted octanol–water partition coefficient (Wildman–Crippen LogP) is 4.77. The van der Waals surface area contributed by atoms with E-state index in [4.69, 9.17) is 28.8 Å². The maximum Gasteiger partial charge on any atom is 0.331 e. The second kappa shape index (κ2) is 12.8. The normalized spacial score (nSPS) is 30.7. The highest BCUT2D eigenvalue weighted by molar-refractivity contribution is 5.87. The highest BCUT2D eigenvalue weighted by Crippen LogP contribution is 2.59. The summed E-state index contributed by atoms with van der Waals surface area (Å²) >= 11 is 0. The molecule has 1 spiro atoms. The number of aliphatic hydroxyl groups is 1. The molecule has 1 N–H and O–H groups in total. The zero-order valence-corrected chi connectivity index (χ0v) is 23.8. The van der Waals surface area contributed by atoms with Crippen molar-refractivity contribution in [2.75, 3.05) is 26.9 Å². The van der Waals surface area contributed by atoms with Crippen LogP contribution >= 0.6 is 0 Å². The van der Waals surface area contributed by atoms with E-state index in [-0.39, 0.29) is 41.8 Å². The predicted molar refractivity (Wildman–Crippen MR) is 148 cm³/mol. The first-order valence-electron chi connectivity index (χ1n) is 14.0. The van der Waals surface area contributed by atoms with E-state index in [2.05, 4.69) is 26.8 Å². The van der Waals surface area contributed by atoms with Crippen molar-refractivity contribution >= 4 is 17.7 Å². The van der Waals surface area contributed by atoms with Crippen LogP contribution < -0.4 is 4.74 Å². The van der Waals surface area contributed by atoms with Gasteiger partial charge in [0, 0.05) is 25.9 Å². The van der Waals surface area contributed by atoms with Gasteiger partial charge in [-0.1, -0.05) is 17.7 Å². The molecule has 0 aromatic heterocycles. The van der Waals surface area contributed by atoms with E-state index >= 15 is 0 Å². The molecular formula is C30H41NO9. The first-order valence-corrected chi connectivity index (χ1v) is 14.0. The Labute approximate surface area is 235 Å². The molecule has 1 saturated carbocycles. The summed E-state index contributed by atoms with van der Waals surface area (Å²) < 4.78 is 29.5. The summed E-state index contributed by atoms with van der Waals surface area (Å²) in [5.41, 5.74) is 0.804. The van der Waals surface area contributed by atoms with Crippen LogP contribution in [0, 0.1) is 16.0 Å². The Balaban J connectivity index is 1.39. The summed E-state index contributed by atoms with van der Waals surface area (Å²) in [5, 5.41) is 20.5. The molecule has 0 radical (unpaired) electrons. The Morgan fingerprint density at radius 1 is 1.27 bits per heavy atom. The van der Waals surface area contributed by atoms with Crippen LogP contribution in [0.1, 0.15) is 64.9 Å². The fourth-order valence-electron chi connectivity index (χ4n) is 5.90. The van der Waals surface area contributed by atoms with E-state index in [1.807, 2.05) is 0 Å². The highest BCUT2D eigenvalue weighted by Gasteiger charge is 2.72. The number of unbranched alkanes of at least 4 members (excludes halogenated alkanes) is 2. The minimum atomic E-state index is -0.548. The van der Waals surface area contributed by atoms with Crippen LogP contribution in [-0.4, -0.2) is 72.4 Å². The molecule has 3 aliphatic rings. The average Bonchev–Trinajstić information content (AvgIpc) is 3.84. The van der Waals surface area contributed by atoms with E-state index in [0.29, 0.717) is 38.0 Å². The highest BCUT2D eigenvalue weighted by atomic mass is 16.6. The molecule has 0 unspecified atom stereocenters. The summed E-state index contributed by atoms with van der Waals surface area (Å²) in [5.74, 6) is -0.456. The van der Waals surface area contributed by atoms with Gasteiger partial charge in [-0.05, 0) is 77.0 Å². The molecule has 4 rings (SSSR count). The molecular weight excluding hydrogens is 518 g/mol. The lowest BCUT2D eigenvalue weighted by atomic mass is 9.68. The summed E-state index contributed by atoms with van der Waals surface area (Å²) in [6.45, 7) is 7.30. The average molecular weight is 560 g/mol. The number of ether oxygens (including phenoxy) is 5. The van der Waals surface area contributed by atoms with Gasteiger partial charge in [0.1, 0.15) is 23.4 Å². The Bertz CT molecular complexity index is 1120. The van der Waals surface area contributed by atoms with Crippen LogP contribution in [0.5, 0.6) is 5.75 Å². The third-order valence-electron chi connectivity index (χ3n) is 8.16. The van der Waals surface area contributed by atoms with Crippen molar-refractivity contribution in [1.29, 1.82) is 0 Å². The zero-order chi connectivity index (χ0) is 28.9. The van der Waals surface area contributed by atoms with Gasteiger partial charge in [-0.25, -0.2) is 4.79 Å². The van der Waals surface area contributed by atoms with Crippen molar-refractivity contribution in [2.45, 2.75) is 88.8 Å². The van der Waals surface area contributed by atoms with Crippen LogP contribution in [0.25, 0.3) is 6.08 Å². The van der Waals surface area contributed by atoms with E-state index in [9.17, 15) is 14.9 Å². The zero-order valence-electron chi connectivity index (χ0n) is 23.8. The van der Waals surface area contributed by atoms with Gasteiger partial charge in [-0.2, -0.15) is 0 Å². The largest absolute Gasteiger partial charge is 0.487 e. The number of nitrogens with zero attached hydrogens (tertiary/aromatic N) is 1. The van der Waals surface area contributed by atoms with Gasteiger partial charge in [0.2, 0.25) is 0 Å². The summed E-state index contributed by atoms with van der Waals surface area (Å²) in [6, 6.07) is 4.55. The van der Waals surface area contributed by atoms with E-state index in [1.54, 1.807) is 13.2 Å². The van der Waals surface area contributed by atoms with Gasteiger partial charge >= 0.3 is 11.7 Å². The maximum atomic E-state index is 12.8. The number of allylic oxidation sites excluding steroid dienone is 1. The number of carbonyl (C=O) groups is 1. The van der Waals surface area contributed by atoms with Gasteiger partial charge in [-0.15, -0.1) is 0 Å². The Kier molecular flexibility index (Phi) is 9.66. The van der Waals surface area contributed by atoms with E-state index in [0.717, 1.165) is 19.3 Å². The molecule has 0 bridgehead atoms. The second-order valence-electron chi connectivity index (χ2n) is 11.3. The second-order valence-corrected chi connectivity index (χ2v) is 11.3. The molecule has 10 nitrogen and oxygen atoms in total. The monoisotopic (exact) mass is 559 g/mol. The molecule has 2 aliphatic heterocycles. The summed E-state index contributed by atoms with van der Waals surface area (Å²) in [4.78, 5) is 23.9. The molecule has 6 atom stereocenters. The number of esters is 1. The SMILES string of the molecule is CO[C@@H]1[C@H](OC(=O)/C=C/c2ccc(OCCCCCO)c([N+](=O)[O-])c2)CC[C@]2(CO2)[C@H]1[C@@]1(C)O[C@@H]1CC=C(C)C. The van der Waals surface area contributed by atoms with E-state index in [1.165, 1.54) is 29.9 Å². The van der Waals surface area contributed by atoms with Crippen molar-refractivity contribution in [3.63, 3.8) is 0 Å². The van der Waals surface area contributed by atoms with Crippen LogP contribution in [0.2, 0.25) is 0 Å². The number of hydrogen-bond donors (Lipinski definition) is 1. The third kappa shape index (κ3) is 6.91. The van der Waals surface area contributed by atoms with Crippen molar-refractivity contribution in [3.05, 3.63) is 51.6 Å². The number of nitro benzene ring substituents is 1. The molecule has 2 saturated heterocycles. The van der Waals surface area contributed by atoms with Gasteiger partial charge in [0.25, 0.3) is 0 Å². The number of hydrogen-bond acceptors (Lipinski definition) is 9. The number of aliphatic hydroxyl groups excluding tert-OH is 1. The van der Waals surface area contributed by atoms with Gasteiger partial charge in [0.15, 0.2) is 5.75 Å². The van der Waals surface area contributed by atoms with Crippen molar-refractivity contribution < 1.29 is 38.5 Å². The van der Waals surface area contributed by atoms with Gasteiger partial charge in [0.05, 0.1) is 30.2 Å². The lowest BCUT2D eigenvalue weighted by molar-refractivity contribution is -0.385. The number of methoxy groups -OCH3 is 1. The Hall–Kier alpha value is -2.79. The van der Waals surface area contributed by atoms with Crippen LogP contribution in [-0.2, 0) is 23.7 Å². The van der Waals surface area contributed by atoms with Crippen molar-refractivity contribution in [1.82, 2.24) is 0 Å². The molecule has 1 aromatic rings. The smallest absolute Gasteiger partial charge is 0.331 e. The number of carbonyl (C=O) groups excluding carboxylic acids is 1. The number of benzene rings is 1. The molecule has 40 heavy (non-hydrogen) atoms. The van der Waals surface area contributed by atoms with Crippen molar-refractivity contribution in [3.8, 4) is 5.75 Å². The molecule has 1 aliphatic carbocycles. The third-order valence-corrected chi connectivity index (χ3v) is 8.16. The van der Waals surface area contributed by atoms with Gasteiger partial charge in [-0.3, -0.25) is 10.1 Å². The molecule has 0 amide bonds. The topological polar surface area (TPSA) is 133 Å². The molecule has 2 heterocycles. The fraction of sp³-hybridized carbons (Fsp3) is 0.633. The number of rotatable bonds is 14. The standard InChI is InChI=1S/C30H41NO9/c1-20(2)8-12-25-29(3,40-25)28-27(36-4)24(14-15-30(28)19-38-30)39-26(33)13-10-21-9-11-23(22(18-21)31(34)35)37-17-7-5-6-16-32/h8-11,13,18,24-25,27-28,32H,5-7,12,14-17,19H2,1-4H3/b13-10+/t24-,25-,27-,28-,29+,30+/m1/s1. The van der Waals surface area contributed by atoms with E-state index < -0.39 is 22.6 Å². The summed E-state index contributed by atoms with van der Waals surface area (Å²) in [7, 11) is 1.63.